The summed E-state index contributed by atoms with van der Waals surface area (Å²) >= 11 is 3.27. The van der Waals surface area contributed by atoms with Gasteiger partial charge in [-0.3, -0.25) is 0 Å². The summed E-state index contributed by atoms with van der Waals surface area (Å²) in [7, 11) is -0.757. The topological polar surface area (TPSA) is 150 Å². The Balaban J connectivity index is 0.000000200. The lowest BCUT2D eigenvalue weighted by atomic mass is 9.81. The van der Waals surface area contributed by atoms with Crippen LogP contribution in [0.15, 0.2) is 96.3 Å². The van der Waals surface area contributed by atoms with Gasteiger partial charge in [0.2, 0.25) is 17.5 Å². The zero-order valence-electron chi connectivity index (χ0n) is 36.7. The van der Waals surface area contributed by atoms with E-state index in [0.717, 1.165) is 57.1 Å². The van der Waals surface area contributed by atoms with Gasteiger partial charge in [0, 0.05) is 64.8 Å². The summed E-state index contributed by atoms with van der Waals surface area (Å²) in [6.07, 6.45) is -6.91. The SMILES string of the molecule is CC1(C)OB(c2cnc(C(F)(F)F)nc2)OC1(C)C.Cc1ccc(-c2cnc(C(F)(F)F)nc2)cc1CN.Cc1ccc(Br)c(C#N)c1.[C-]#[N+]c1cc(-c2cnc(C(F)(F)F)nc2)ccc1C. The molecule has 2 N–H and O–H groups in total. The van der Waals surface area contributed by atoms with E-state index in [4.69, 9.17) is 26.9 Å². The molecular weight excluding hydrogens is 960 g/mol. The van der Waals surface area contributed by atoms with Crippen molar-refractivity contribution in [2.24, 2.45) is 5.73 Å². The lowest BCUT2D eigenvalue weighted by Gasteiger charge is -2.32. The van der Waals surface area contributed by atoms with Crippen LogP contribution >= 0.6 is 15.9 Å². The number of halogens is 10. The maximum atomic E-state index is 12.4. The second-order valence-corrected chi connectivity index (χ2v) is 16.4. The van der Waals surface area contributed by atoms with Crippen molar-refractivity contribution in [2.75, 3.05) is 0 Å². The number of aromatic nitrogens is 6. The van der Waals surface area contributed by atoms with Gasteiger partial charge in [0.05, 0.1) is 23.3 Å². The Bertz CT molecular complexity index is 2710. The molecule has 0 saturated carbocycles. The maximum Gasteiger partial charge on any atom is 0.498 e. The highest BCUT2D eigenvalue weighted by atomic mass is 79.9. The smallest absolute Gasteiger partial charge is 0.399 e. The minimum absolute atomic E-state index is 0.367. The Kier molecular flexibility index (Phi) is 17.1. The Morgan fingerprint density at radius 2 is 1.06 bits per heavy atom. The number of benzene rings is 3. The largest absolute Gasteiger partial charge is 0.498 e. The Morgan fingerprint density at radius 1 is 0.642 bits per heavy atom. The van der Waals surface area contributed by atoms with Crippen LogP contribution in [-0.4, -0.2) is 48.2 Å². The van der Waals surface area contributed by atoms with E-state index >= 15 is 0 Å². The van der Waals surface area contributed by atoms with E-state index in [-0.39, 0.29) is 0 Å². The Morgan fingerprint density at radius 3 is 1.45 bits per heavy atom. The van der Waals surface area contributed by atoms with Crippen LogP contribution in [-0.2, 0) is 34.4 Å². The summed E-state index contributed by atoms with van der Waals surface area (Å²) in [5, 5.41) is 8.56. The number of hydrogen-bond acceptors (Lipinski definition) is 10. The molecule has 67 heavy (non-hydrogen) atoms. The molecular formula is C45H40BBrF9N9O2. The van der Waals surface area contributed by atoms with Crippen molar-refractivity contribution in [3.05, 3.63) is 153 Å². The number of hydrogen-bond donors (Lipinski definition) is 1. The van der Waals surface area contributed by atoms with Crippen LogP contribution < -0.4 is 11.2 Å². The summed E-state index contributed by atoms with van der Waals surface area (Å²) in [5.41, 5.74) is 12.3. The molecule has 1 aliphatic heterocycles. The molecule has 0 radical (unpaired) electrons. The monoisotopic (exact) mass is 999 g/mol. The molecule has 11 nitrogen and oxygen atoms in total. The summed E-state index contributed by atoms with van der Waals surface area (Å²) in [6.45, 7) is 20.5. The first-order valence-corrected chi connectivity index (χ1v) is 20.4. The van der Waals surface area contributed by atoms with Gasteiger partial charge in [0.1, 0.15) is 6.07 Å². The third kappa shape index (κ3) is 14.3. The fourth-order valence-corrected chi connectivity index (χ4v) is 5.87. The van der Waals surface area contributed by atoms with E-state index in [1.807, 2.05) is 71.9 Å². The highest BCUT2D eigenvalue weighted by Gasteiger charge is 2.52. The molecule has 22 heteroatoms. The molecule has 1 saturated heterocycles. The van der Waals surface area contributed by atoms with Crippen LogP contribution in [0.4, 0.5) is 45.2 Å². The first kappa shape index (κ1) is 53.3. The molecule has 3 aromatic heterocycles. The molecule has 1 aliphatic rings. The standard InChI is InChI=1S/C13H8F3N3.C13H12F3N3.C11H14BF3N2O2.C8H6BrN/c1-8-3-4-9(5-11(8)17-2)10-6-18-12(19-7-10)13(14,15)16;1-8-2-3-9(4-10(8)5-17)11-6-18-12(19-7-11)13(14,15)16;1-9(2)10(3,4)19-12(18-9)7-5-16-8(17-6-7)11(13,14)15;1-6-2-3-8(9)7(4-6)5-10/h3-7H,1H3;2-4,6-7H,5,17H2,1H3;5-6H,1-4H3;2-4H,1H3. The van der Waals surface area contributed by atoms with Crippen LogP contribution in [0.3, 0.4) is 0 Å². The fraction of sp³-hybridized carbons (Fsp3) is 0.289. The fourth-order valence-electron chi connectivity index (χ4n) is 5.54. The minimum atomic E-state index is -4.55. The highest BCUT2D eigenvalue weighted by molar-refractivity contribution is 9.10. The molecule has 350 valence electrons. The van der Waals surface area contributed by atoms with Crippen molar-refractivity contribution < 1.29 is 48.8 Å². The number of aryl methyl sites for hydroxylation is 3. The van der Waals surface area contributed by atoms with Crippen molar-refractivity contribution in [1.29, 1.82) is 5.26 Å². The van der Waals surface area contributed by atoms with E-state index in [9.17, 15) is 39.5 Å². The van der Waals surface area contributed by atoms with E-state index in [0.29, 0.717) is 39.9 Å². The quantitative estimate of drug-likeness (QED) is 0.103. The molecule has 4 heterocycles. The van der Waals surface area contributed by atoms with Gasteiger partial charge < -0.3 is 15.0 Å². The van der Waals surface area contributed by atoms with Crippen LogP contribution in [0.2, 0.25) is 0 Å². The zero-order valence-corrected chi connectivity index (χ0v) is 38.3. The molecule has 3 aromatic carbocycles. The number of nitriles is 1. The number of alkyl halides is 9. The normalized spacial score (nSPS) is 13.9. The van der Waals surface area contributed by atoms with Gasteiger partial charge in [-0.25, -0.2) is 34.7 Å². The summed E-state index contributed by atoms with van der Waals surface area (Å²) in [4.78, 5) is 23.2. The summed E-state index contributed by atoms with van der Waals surface area (Å²) < 4.78 is 123. The molecule has 0 amide bonds. The van der Waals surface area contributed by atoms with Crippen LogP contribution in [0.1, 0.15) is 73.0 Å². The van der Waals surface area contributed by atoms with Gasteiger partial charge in [-0.1, -0.05) is 30.3 Å². The molecule has 0 atom stereocenters. The van der Waals surface area contributed by atoms with Crippen molar-refractivity contribution in [2.45, 2.75) is 84.7 Å². The predicted molar refractivity (Wildman–Crippen MR) is 235 cm³/mol. The van der Waals surface area contributed by atoms with E-state index < -0.39 is 54.3 Å². The molecule has 0 spiro atoms. The molecule has 7 rings (SSSR count). The third-order valence-corrected chi connectivity index (χ3v) is 10.8. The van der Waals surface area contributed by atoms with Gasteiger partial charge in [0.15, 0.2) is 5.69 Å². The van der Waals surface area contributed by atoms with Gasteiger partial charge >= 0.3 is 25.6 Å². The Hall–Kier alpha value is -6.33. The van der Waals surface area contributed by atoms with Crippen molar-refractivity contribution >= 4 is 34.2 Å². The predicted octanol–water partition coefficient (Wildman–Crippen LogP) is 11.4. The number of nitrogens with zero attached hydrogens (tertiary/aromatic N) is 8. The highest BCUT2D eigenvalue weighted by Crippen LogP contribution is 2.37. The average molecular weight is 1000 g/mol. The van der Waals surface area contributed by atoms with Crippen molar-refractivity contribution in [1.82, 2.24) is 29.9 Å². The first-order chi connectivity index (χ1) is 31.1. The first-order valence-electron chi connectivity index (χ1n) is 19.6. The van der Waals surface area contributed by atoms with Gasteiger partial charge in [0.25, 0.3) is 0 Å². The van der Waals surface area contributed by atoms with Gasteiger partial charge in [-0.2, -0.15) is 44.8 Å². The van der Waals surface area contributed by atoms with Crippen LogP contribution in [0.5, 0.6) is 0 Å². The lowest BCUT2D eigenvalue weighted by Crippen LogP contribution is -2.41. The van der Waals surface area contributed by atoms with Crippen molar-refractivity contribution in [3.63, 3.8) is 0 Å². The summed E-state index contributed by atoms with van der Waals surface area (Å²) in [5.74, 6) is -3.48. The number of rotatable bonds is 4. The van der Waals surface area contributed by atoms with Gasteiger partial charge in [-0.15, -0.1) is 0 Å². The molecule has 0 bridgehead atoms. The second kappa shape index (κ2) is 21.5. The third-order valence-electron chi connectivity index (χ3n) is 10.1. The molecule has 0 unspecified atom stereocenters. The number of nitrogens with two attached hydrogens (primary N) is 1. The van der Waals surface area contributed by atoms with Gasteiger partial charge in [-0.05, 0) is 122 Å². The van der Waals surface area contributed by atoms with E-state index in [2.05, 4.69) is 56.7 Å². The van der Waals surface area contributed by atoms with Crippen molar-refractivity contribution in [3.8, 4) is 28.3 Å². The maximum absolute atomic E-state index is 12.4. The molecule has 6 aromatic rings. The van der Waals surface area contributed by atoms with E-state index in [1.165, 1.54) is 12.4 Å². The molecule has 1 fully saturated rings. The average Bonchev–Trinajstić information content (AvgIpc) is 3.50. The minimum Gasteiger partial charge on any atom is -0.399 e. The van der Waals surface area contributed by atoms with E-state index in [1.54, 1.807) is 31.2 Å². The summed E-state index contributed by atoms with van der Waals surface area (Å²) in [6, 6.07) is 18.4. The zero-order chi connectivity index (χ0) is 50.1. The Labute approximate surface area is 388 Å². The van der Waals surface area contributed by atoms with Crippen LogP contribution in [0, 0.1) is 38.7 Å². The van der Waals surface area contributed by atoms with Crippen LogP contribution in [0.25, 0.3) is 27.1 Å². The second-order valence-electron chi connectivity index (χ2n) is 15.6. The lowest BCUT2D eigenvalue weighted by molar-refractivity contribution is -0.145. The molecule has 0 aliphatic carbocycles.